The van der Waals surface area contributed by atoms with E-state index in [9.17, 15) is 4.79 Å². The highest BCUT2D eigenvalue weighted by Crippen LogP contribution is 2.09. The van der Waals surface area contributed by atoms with Crippen LogP contribution in [-0.2, 0) is 9.53 Å². The monoisotopic (exact) mass is 291 g/mol. The molecular formula is C12H17N7O2. The van der Waals surface area contributed by atoms with Crippen molar-refractivity contribution < 1.29 is 9.53 Å². The summed E-state index contributed by atoms with van der Waals surface area (Å²) in [7, 11) is 1.32. The first kappa shape index (κ1) is 14.7. The molecule has 2 N–H and O–H groups in total. The van der Waals surface area contributed by atoms with E-state index in [4.69, 9.17) is 0 Å². The van der Waals surface area contributed by atoms with Crippen molar-refractivity contribution in [2.24, 2.45) is 0 Å². The lowest BCUT2D eigenvalue weighted by Crippen LogP contribution is -2.18. The smallest absolute Gasteiger partial charge is 0.325 e. The van der Waals surface area contributed by atoms with Crippen molar-refractivity contribution in [1.29, 1.82) is 0 Å². The van der Waals surface area contributed by atoms with E-state index in [2.05, 4.69) is 35.3 Å². The fraction of sp³-hybridized carbons (Fsp3) is 0.417. The Kier molecular flexibility index (Phi) is 5.02. The summed E-state index contributed by atoms with van der Waals surface area (Å²) in [6.07, 6.45) is 5.88. The van der Waals surface area contributed by atoms with Crippen LogP contribution in [0.2, 0.25) is 0 Å². The lowest BCUT2D eigenvalue weighted by molar-refractivity contribution is -0.138. The van der Waals surface area contributed by atoms with Gasteiger partial charge in [0.2, 0.25) is 17.8 Å². The molecule has 0 spiro atoms. The lowest BCUT2D eigenvalue weighted by Gasteiger charge is -2.09. The number of anilines is 2. The van der Waals surface area contributed by atoms with Crippen LogP contribution >= 0.6 is 0 Å². The molecule has 2 rings (SSSR count). The summed E-state index contributed by atoms with van der Waals surface area (Å²) >= 11 is 0. The van der Waals surface area contributed by atoms with E-state index in [0.717, 1.165) is 13.0 Å². The van der Waals surface area contributed by atoms with Gasteiger partial charge in [0, 0.05) is 18.9 Å². The van der Waals surface area contributed by atoms with Gasteiger partial charge in [-0.25, -0.2) is 4.98 Å². The van der Waals surface area contributed by atoms with Gasteiger partial charge in [0.15, 0.2) is 0 Å². The summed E-state index contributed by atoms with van der Waals surface area (Å²) in [6.45, 7) is 2.77. The predicted molar refractivity (Wildman–Crippen MR) is 76.2 cm³/mol. The van der Waals surface area contributed by atoms with Crippen LogP contribution in [0.15, 0.2) is 18.7 Å². The first-order chi connectivity index (χ1) is 10.2. The normalized spacial score (nSPS) is 10.2. The second kappa shape index (κ2) is 7.17. The van der Waals surface area contributed by atoms with Crippen LogP contribution in [0, 0.1) is 0 Å². The van der Waals surface area contributed by atoms with Gasteiger partial charge in [0.1, 0.15) is 12.9 Å². The van der Waals surface area contributed by atoms with Gasteiger partial charge >= 0.3 is 5.97 Å². The molecule has 9 nitrogen and oxygen atoms in total. The van der Waals surface area contributed by atoms with Gasteiger partial charge in [-0.2, -0.15) is 15.0 Å². The van der Waals surface area contributed by atoms with E-state index in [1.807, 2.05) is 6.92 Å². The number of nitrogens with zero attached hydrogens (tertiary/aromatic N) is 5. The molecule has 0 aliphatic carbocycles. The molecule has 0 saturated heterocycles. The second-order valence-electron chi connectivity index (χ2n) is 4.11. The van der Waals surface area contributed by atoms with E-state index in [1.54, 1.807) is 23.3 Å². The Morgan fingerprint density at radius 3 is 2.67 bits per heavy atom. The number of methoxy groups -OCH3 is 1. The molecule has 0 saturated carbocycles. The van der Waals surface area contributed by atoms with E-state index < -0.39 is 5.97 Å². The summed E-state index contributed by atoms with van der Waals surface area (Å²) in [4.78, 5) is 27.9. The number of aromatic nitrogens is 5. The number of esters is 1. The molecule has 0 bridgehead atoms. The van der Waals surface area contributed by atoms with Crippen molar-refractivity contribution in [3.63, 3.8) is 0 Å². The van der Waals surface area contributed by atoms with Crippen molar-refractivity contribution in [1.82, 2.24) is 24.5 Å². The van der Waals surface area contributed by atoms with Gasteiger partial charge < -0.3 is 15.4 Å². The Hall–Kier alpha value is -2.71. The Morgan fingerprint density at radius 1 is 1.29 bits per heavy atom. The molecule has 2 heterocycles. The van der Waals surface area contributed by atoms with Crippen molar-refractivity contribution in [3.8, 4) is 5.95 Å². The van der Waals surface area contributed by atoms with E-state index in [-0.39, 0.29) is 12.5 Å². The number of hydrogen-bond donors (Lipinski definition) is 2. The van der Waals surface area contributed by atoms with Gasteiger partial charge in [0.05, 0.1) is 7.11 Å². The first-order valence-electron chi connectivity index (χ1n) is 6.52. The lowest BCUT2D eigenvalue weighted by atomic mass is 10.5. The van der Waals surface area contributed by atoms with Gasteiger partial charge in [-0.15, -0.1) is 0 Å². The molecule has 0 atom stereocenters. The summed E-state index contributed by atoms with van der Waals surface area (Å²) in [5.74, 6) is 0.733. The van der Waals surface area contributed by atoms with Gasteiger partial charge in [-0.05, 0) is 6.42 Å². The highest BCUT2D eigenvalue weighted by Gasteiger charge is 2.09. The molecule has 0 aliphatic heterocycles. The van der Waals surface area contributed by atoms with Gasteiger partial charge in [-0.3, -0.25) is 9.36 Å². The number of hydrogen-bond acceptors (Lipinski definition) is 8. The molecular weight excluding hydrogens is 274 g/mol. The van der Waals surface area contributed by atoms with Crippen LogP contribution in [0.1, 0.15) is 13.3 Å². The Morgan fingerprint density at radius 2 is 2.05 bits per heavy atom. The van der Waals surface area contributed by atoms with E-state index in [0.29, 0.717) is 11.9 Å². The van der Waals surface area contributed by atoms with Crippen LogP contribution in [0.4, 0.5) is 11.9 Å². The molecule has 0 aliphatic rings. The largest absolute Gasteiger partial charge is 0.468 e. The van der Waals surface area contributed by atoms with Crippen molar-refractivity contribution in [3.05, 3.63) is 18.7 Å². The number of nitrogens with one attached hydrogen (secondary N) is 2. The summed E-state index contributed by atoms with van der Waals surface area (Å²) < 4.78 is 6.22. The molecule has 0 unspecified atom stereocenters. The molecule has 21 heavy (non-hydrogen) atoms. The zero-order valence-corrected chi connectivity index (χ0v) is 11.9. The minimum atomic E-state index is -0.400. The Labute approximate surface area is 121 Å². The molecule has 2 aromatic rings. The quantitative estimate of drug-likeness (QED) is 0.709. The molecule has 0 amide bonds. The predicted octanol–water partition coefficient (Wildman–Crippen LogP) is 0.464. The number of ether oxygens (including phenoxy) is 1. The molecule has 9 heteroatoms. The molecule has 0 fully saturated rings. The van der Waals surface area contributed by atoms with Crippen molar-refractivity contribution >= 4 is 17.9 Å². The maximum absolute atomic E-state index is 11.2. The fourth-order valence-corrected chi connectivity index (χ4v) is 1.48. The topological polar surface area (TPSA) is 107 Å². The third kappa shape index (κ3) is 4.13. The van der Waals surface area contributed by atoms with Crippen LogP contribution in [0.5, 0.6) is 0 Å². The average Bonchev–Trinajstić information content (AvgIpc) is 3.04. The number of carbonyl (C=O) groups is 1. The zero-order valence-electron chi connectivity index (χ0n) is 11.9. The van der Waals surface area contributed by atoms with Crippen molar-refractivity contribution in [2.75, 3.05) is 30.8 Å². The number of rotatable bonds is 7. The van der Waals surface area contributed by atoms with Gasteiger partial charge in [0.25, 0.3) is 0 Å². The zero-order chi connectivity index (χ0) is 15.1. The van der Waals surface area contributed by atoms with E-state index >= 15 is 0 Å². The highest BCUT2D eigenvalue weighted by atomic mass is 16.5. The maximum atomic E-state index is 11.2. The van der Waals surface area contributed by atoms with Crippen LogP contribution in [-0.4, -0.2) is 50.7 Å². The average molecular weight is 291 g/mol. The summed E-state index contributed by atoms with van der Waals surface area (Å²) in [5, 5.41) is 5.89. The van der Waals surface area contributed by atoms with Crippen molar-refractivity contribution in [2.45, 2.75) is 13.3 Å². The standard InChI is InChI=1S/C12H17N7O2/c1-3-4-14-10-16-11(15-7-9(20)21-2)18-12(17-10)19-6-5-13-8-19/h5-6,8H,3-4,7H2,1-2H3,(H2,14,15,16,17,18). The summed E-state index contributed by atoms with van der Waals surface area (Å²) in [6, 6.07) is 0. The molecule has 0 aromatic carbocycles. The van der Waals surface area contributed by atoms with Crippen LogP contribution < -0.4 is 10.6 Å². The van der Waals surface area contributed by atoms with Crippen LogP contribution in [0.25, 0.3) is 5.95 Å². The maximum Gasteiger partial charge on any atom is 0.325 e. The molecule has 0 radical (unpaired) electrons. The minimum absolute atomic E-state index is 0.0168. The molecule has 112 valence electrons. The van der Waals surface area contributed by atoms with Gasteiger partial charge in [-0.1, -0.05) is 6.92 Å². The molecule has 2 aromatic heterocycles. The third-order valence-electron chi connectivity index (χ3n) is 2.51. The SMILES string of the molecule is CCCNc1nc(NCC(=O)OC)nc(-n2ccnc2)n1. The van der Waals surface area contributed by atoms with E-state index in [1.165, 1.54) is 7.11 Å². The fourth-order valence-electron chi connectivity index (χ4n) is 1.48. The Bertz CT molecular complexity index is 585. The summed E-state index contributed by atoms with van der Waals surface area (Å²) in [5.41, 5.74) is 0. The highest BCUT2D eigenvalue weighted by molar-refractivity contribution is 5.74. The second-order valence-corrected chi connectivity index (χ2v) is 4.11. The Balaban J connectivity index is 2.22. The first-order valence-corrected chi connectivity index (χ1v) is 6.52. The van der Waals surface area contributed by atoms with Crippen LogP contribution in [0.3, 0.4) is 0 Å². The number of imidazole rings is 1. The minimum Gasteiger partial charge on any atom is -0.468 e. The third-order valence-corrected chi connectivity index (χ3v) is 2.51. The number of carbonyl (C=O) groups excluding carboxylic acids is 1.